The number of fused-ring (bicyclic) bond motifs is 1. The summed E-state index contributed by atoms with van der Waals surface area (Å²) >= 11 is 0. The van der Waals surface area contributed by atoms with Crippen molar-refractivity contribution in [2.24, 2.45) is 11.7 Å². The predicted octanol–water partition coefficient (Wildman–Crippen LogP) is 0.253. The minimum Gasteiger partial charge on any atom is -0.382 e. The van der Waals surface area contributed by atoms with E-state index in [4.69, 9.17) is 11.5 Å². The van der Waals surface area contributed by atoms with E-state index < -0.39 is 5.91 Å². The molecule has 1 aliphatic carbocycles. The third-order valence-electron chi connectivity index (χ3n) is 4.97. The fourth-order valence-corrected chi connectivity index (χ4v) is 3.47. The van der Waals surface area contributed by atoms with Crippen molar-refractivity contribution in [1.82, 2.24) is 24.4 Å². The van der Waals surface area contributed by atoms with Gasteiger partial charge < -0.3 is 20.9 Å². The summed E-state index contributed by atoms with van der Waals surface area (Å²) in [7, 11) is 0. The molecule has 4 N–H and O–H groups in total. The van der Waals surface area contributed by atoms with Crippen LogP contribution in [0.2, 0.25) is 0 Å². The normalized spacial score (nSPS) is 20.4. The Hall–Kier alpha value is -2.71. The van der Waals surface area contributed by atoms with E-state index in [2.05, 4.69) is 15.0 Å². The molecule has 4 rings (SSSR count). The Morgan fingerprint density at radius 2 is 1.96 bits per heavy atom. The quantitative estimate of drug-likeness (QED) is 0.817. The molecule has 2 aromatic rings. The van der Waals surface area contributed by atoms with Gasteiger partial charge in [0, 0.05) is 31.5 Å². The van der Waals surface area contributed by atoms with Crippen LogP contribution < -0.4 is 11.5 Å². The van der Waals surface area contributed by atoms with Crippen molar-refractivity contribution < 1.29 is 9.59 Å². The van der Waals surface area contributed by atoms with E-state index >= 15 is 0 Å². The minimum atomic E-state index is -0.622. The summed E-state index contributed by atoms with van der Waals surface area (Å²) in [5.41, 5.74) is 12.4. The molecule has 1 saturated heterocycles. The number of nitrogens with zero attached hydrogens (tertiary/aromatic N) is 5. The van der Waals surface area contributed by atoms with Gasteiger partial charge in [-0.15, -0.1) is 0 Å². The standard InChI is InChI=1S/C16H21N7O2/c1-2-23-14-10(19-15(23)12(18)24)11(17)20-13(21-14)9-5-6-22(7-9)16(25)8-3-4-8/h8-9H,2-7H2,1H3,(H2,18,24)(H2,17,20,21). The van der Waals surface area contributed by atoms with Gasteiger partial charge in [0.15, 0.2) is 17.0 Å². The van der Waals surface area contributed by atoms with Gasteiger partial charge in [-0.3, -0.25) is 9.59 Å². The Morgan fingerprint density at radius 3 is 2.60 bits per heavy atom. The number of nitrogens with two attached hydrogens (primary N) is 2. The molecule has 2 amide bonds. The van der Waals surface area contributed by atoms with Crippen LogP contribution in [0.4, 0.5) is 5.82 Å². The number of anilines is 1. The highest BCUT2D eigenvalue weighted by Gasteiger charge is 2.37. The molecule has 2 aromatic heterocycles. The number of primary amides is 1. The van der Waals surface area contributed by atoms with E-state index in [1.54, 1.807) is 4.57 Å². The molecule has 9 heteroatoms. The molecule has 9 nitrogen and oxygen atoms in total. The number of aromatic nitrogens is 4. The lowest BCUT2D eigenvalue weighted by molar-refractivity contribution is -0.131. The van der Waals surface area contributed by atoms with Crippen LogP contribution in [0, 0.1) is 5.92 Å². The van der Waals surface area contributed by atoms with Crippen LogP contribution in [0.15, 0.2) is 0 Å². The topological polar surface area (TPSA) is 133 Å². The van der Waals surface area contributed by atoms with Gasteiger partial charge in [0.1, 0.15) is 5.82 Å². The number of hydrogen-bond acceptors (Lipinski definition) is 6. The van der Waals surface area contributed by atoms with Crippen LogP contribution in [0.1, 0.15) is 48.5 Å². The van der Waals surface area contributed by atoms with E-state index in [0.29, 0.717) is 30.1 Å². The minimum absolute atomic E-state index is 0.0478. The van der Waals surface area contributed by atoms with E-state index in [1.807, 2.05) is 11.8 Å². The van der Waals surface area contributed by atoms with Crippen LogP contribution in [-0.4, -0.2) is 49.3 Å². The lowest BCUT2D eigenvalue weighted by Crippen LogP contribution is -2.29. The van der Waals surface area contributed by atoms with Crippen LogP contribution >= 0.6 is 0 Å². The molecule has 0 aromatic carbocycles. The van der Waals surface area contributed by atoms with Crippen molar-refractivity contribution in [2.45, 2.75) is 38.6 Å². The summed E-state index contributed by atoms with van der Waals surface area (Å²) in [5, 5.41) is 0. The highest BCUT2D eigenvalue weighted by atomic mass is 16.2. The maximum Gasteiger partial charge on any atom is 0.284 e. The third kappa shape index (κ3) is 2.59. The smallest absolute Gasteiger partial charge is 0.284 e. The number of amides is 2. The fraction of sp³-hybridized carbons (Fsp3) is 0.562. The molecule has 2 fully saturated rings. The Bertz CT molecular complexity index is 871. The SMILES string of the molecule is CCn1c(C(N)=O)nc2c(N)nc(C3CCN(C(=O)C4CC4)C3)nc21. The zero-order valence-electron chi connectivity index (χ0n) is 14.1. The number of nitrogen functional groups attached to an aromatic ring is 1. The Kier molecular flexibility index (Phi) is 3.59. The number of likely N-dealkylation sites (tertiary alicyclic amines) is 1. The first-order valence-corrected chi connectivity index (χ1v) is 8.61. The Labute approximate surface area is 144 Å². The average molecular weight is 343 g/mol. The maximum atomic E-state index is 12.2. The molecule has 1 atom stereocenters. The van der Waals surface area contributed by atoms with Crippen LogP contribution in [0.25, 0.3) is 11.2 Å². The second-order valence-corrected chi connectivity index (χ2v) is 6.73. The molecular formula is C16H21N7O2. The summed E-state index contributed by atoms with van der Waals surface area (Å²) < 4.78 is 1.65. The van der Waals surface area contributed by atoms with E-state index in [1.165, 1.54) is 0 Å². The second-order valence-electron chi connectivity index (χ2n) is 6.73. The molecule has 1 aliphatic heterocycles. The molecule has 25 heavy (non-hydrogen) atoms. The molecule has 2 aliphatic rings. The summed E-state index contributed by atoms with van der Waals surface area (Å²) in [6, 6.07) is 0. The zero-order valence-corrected chi connectivity index (χ0v) is 14.1. The van der Waals surface area contributed by atoms with Gasteiger partial charge in [-0.25, -0.2) is 15.0 Å². The van der Waals surface area contributed by atoms with Gasteiger partial charge in [0.2, 0.25) is 11.7 Å². The van der Waals surface area contributed by atoms with E-state index in [0.717, 1.165) is 25.8 Å². The van der Waals surface area contributed by atoms with Gasteiger partial charge in [-0.2, -0.15) is 0 Å². The van der Waals surface area contributed by atoms with Crippen LogP contribution in [0.5, 0.6) is 0 Å². The monoisotopic (exact) mass is 343 g/mol. The van der Waals surface area contributed by atoms with Crippen LogP contribution in [-0.2, 0) is 11.3 Å². The van der Waals surface area contributed by atoms with E-state index in [-0.39, 0.29) is 29.4 Å². The Morgan fingerprint density at radius 1 is 1.20 bits per heavy atom. The highest BCUT2D eigenvalue weighted by Crippen LogP contribution is 2.35. The van der Waals surface area contributed by atoms with Crippen molar-refractivity contribution in [2.75, 3.05) is 18.8 Å². The van der Waals surface area contributed by atoms with Gasteiger partial charge in [-0.1, -0.05) is 0 Å². The summed E-state index contributed by atoms with van der Waals surface area (Å²) in [4.78, 5) is 38.9. The maximum absolute atomic E-state index is 12.2. The first-order valence-electron chi connectivity index (χ1n) is 8.61. The van der Waals surface area contributed by atoms with Gasteiger partial charge in [-0.05, 0) is 26.2 Å². The lowest BCUT2D eigenvalue weighted by atomic mass is 10.1. The molecule has 0 radical (unpaired) electrons. The summed E-state index contributed by atoms with van der Waals surface area (Å²) in [5.74, 6) is 0.850. The third-order valence-corrected chi connectivity index (χ3v) is 4.97. The predicted molar refractivity (Wildman–Crippen MR) is 90.6 cm³/mol. The largest absolute Gasteiger partial charge is 0.382 e. The molecule has 3 heterocycles. The average Bonchev–Trinajstić information content (AvgIpc) is 3.18. The summed E-state index contributed by atoms with van der Waals surface area (Å²) in [6.07, 6.45) is 2.81. The van der Waals surface area contributed by atoms with Gasteiger partial charge in [0.05, 0.1) is 0 Å². The fourth-order valence-electron chi connectivity index (χ4n) is 3.47. The lowest BCUT2D eigenvalue weighted by Gasteiger charge is -2.16. The number of carbonyl (C=O) groups excluding carboxylic acids is 2. The number of aryl methyl sites for hydroxylation is 1. The van der Waals surface area contributed by atoms with Crippen LogP contribution in [0.3, 0.4) is 0 Å². The van der Waals surface area contributed by atoms with Gasteiger partial charge >= 0.3 is 0 Å². The Balaban J connectivity index is 1.68. The number of imidazole rings is 1. The number of carbonyl (C=O) groups is 2. The van der Waals surface area contributed by atoms with Crippen molar-refractivity contribution in [3.8, 4) is 0 Å². The summed E-state index contributed by atoms with van der Waals surface area (Å²) in [6.45, 7) is 3.73. The first kappa shape index (κ1) is 15.8. The molecule has 0 bridgehead atoms. The molecular weight excluding hydrogens is 322 g/mol. The number of rotatable bonds is 4. The molecule has 132 valence electrons. The van der Waals surface area contributed by atoms with Crippen molar-refractivity contribution in [3.05, 3.63) is 11.6 Å². The van der Waals surface area contributed by atoms with Crippen molar-refractivity contribution >= 4 is 28.8 Å². The number of hydrogen-bond donors (Lipinski definition) is 2. The van der Waals surface area contributed by atoms with Gasteiger partial charge in [0.25, 0.3) is 5.91 Å². The van der Waals surface area contributed by atoms with Crippen molar-refractivity contribution in [1.29, 1.82) is 0 Å². The second kappa shape index (κ2) is 5.68. The van der Waals surface area contributed by atoms with E-state index in [9.17, 15) is 9.59 Å². The highest BCUT2D eigenvalue weighted by molar-refractivity contribution is 5.95. The molecule has 1 unspecified atom stereocenters. The zero-order chi connectivity index (χ0) is 17.7. The molecule has 1 saturated carbocycles. The van der Waals surface area contributed by atoms with Crippen molar-refractivity contribution in [3.63, 3.8) is 0 Å². The molecule has 0 spiro atoms. The first-order chi connectivity index (χ1) is 12.0.